The minimum Gasteiger partial charge on any atom is -0.542 e. The van der Waals surface area contributed by atoms with Gasteiger partial charge in [0.05, 0.1) is 57.4 Å². The highest BCUT2D eigenvalue weighted by atomic mass is 35.5. The zero-order valence-corrected chi connectivity index (χ0v) is 29.1. The van der Waals surface area contributed by atoms with Crippen LogP contribution in [0.3, 0.4) is 0 Å². The molecule has 3 aromatic carbocycles. The molecule has 0 aliphatic carbocycles. The van der Waals surface area contributed by atoms with E-state index in [2.05, 4.69) is 26.1 Å². The topological polar surface area (TPSA) is 67.2 Å². The van der Waals surface area contributed by atoms with Crippen molar-refractivity contribution in [3.05, 3.63) is 105 Å². The molecule has 0 unspecified atom stereocenters. The van der Waals surface area contributed by atoms with Crippen LogP contribution in [-0.2, 0) is 22.4 Å². The van der Waals surface area contributed by atoms with Crippen LogP contribution in [-0.4, -0.2) is 61.0 Å². The molecule has 0 aliphatic rings. The van der Waals surface area contributed by atoms with Gasteiger partial charge < -0.3 is 19.1 Å². The number of alkyl halides is 3. The third-order valence-corrected chi connectivity index (χ3v) is 8.75. The van der Waals surface area contributed by atoms with Gasteiger partial charge >= 0.3 is 6.18 Å². The van der Waals surface area contributed by atoms with Gasteiger partial charge in [-0.2, -0.15) is 13.2 Å². The lowest BCUT2D eigenvalue weighted by molar-refractivity contribution is -0.870. The average Bonchev–Trinajstić information content (AvgIpc) is 3.42. The number of nitrogens with zero attached hydrogens (tertiary/aromatic N) is 3. The lowest BCUT2D eigenvalue weighted by atomic mass is 9.81. The molecule has 0 bridgehead atoms. The average molecular weight is 734 g/mol. The van der Waals surface area contributed by atoms with Crippen molar-refractivity contribution in [1.82, 2.24) is 9.55 Å². The molecule has 1 heterocycles. The Hall–Kier alpha value is -3.75. The maximum absolute atomic E-state index is 15.1. The highest BCUT2D eigenvalue weighted by molar-refractivity contribution is 7.98. The lowest BCUT2D eigenvalue weighted by Gasteiger charge is -2.28. The van der Waals surface area contributed by atoms with E-state index in [0.29, 0.717) is 28.5 Å². The monoisotopic (exact) mass is 733 g/mol. The quantitative estimate of drug-likeness (QED) is 0.0901. The first-order chi connectivity index (χ1) is 22.6. The molecule has 1 aromatic heterocycles. The summed E-state index contributed by atoms with van der Waals surface area (Å²) in [7, 11) is 7.60. The number of rotatable bonds is 11. The maximum atomic E-state index is 15.1. The number of hydrogen-bond donors (Lipinski definition) is 0. The van der Waals surface area contributed by atoms with Crippen molar-refractivity contribution in [1.29, 1.82) is 0 Å². The fourth-order valence-corrected chi connectivity index (χ4v) is 5.97. The molecule has 0 N–H and O–H groups in total. The van der Waals surface area contributed by atoms with Crippen LogP contribution in [0, 0.1) is 23.3 Å². The minimum absolute atomic E-state index is 0.0171. The van der Waals surface area contributed by atoms with Crippen LogP contribution in [0.5, 0.6) is 5.75 Å². The minimum atomic E-state index is -5.19. The zero-order chi connectivity index (χ0) is 36.9. The Bertz CT molecular complexity index is 1770. The predicted octanol–water partition coefficient (Wildman–Crippen LogP) is 7.65. The number of quaternary nitrogens is 1. The summed E-state index contributed by atoms with van der Waals surface area (Å²) in [6.07, 6.45) is -2.15. The Morgan fingerprint density at radius 2 is 1.55 bits per heavy atom. The fourth-order valence-electron chi connectivity index (χ4n) is 4.78. The third-order valence-electron chi connectivity index (χ3n) is 7.48. The van der Waals surface area contributed by atoms with Crippen molar-refractivity contribution >= 4 is 29.3 Å². The van der Waals surface area contributed by atoms with Gasteiger partial charge in [-0.25, -0.2) is 22.5 Å². The van der Waals surface area contributed by atoms with Crippen molar-refractivity contribution in [2.24, 2.45) is 0 Å². The van der Waals surface area contributed by atoms with Gasteiger partial charge in [0, 0.05) is 29.2 Å². The molecule has 15 heteroatoms. The summed E-state index contributed by atoms with van der Waals surface area (Å²) in [5.41, 5.74) is 1.77. The normalized spacial score (nSPS) is 12.0. The number of hydrogen-bond acceptors (Lipinski definition) is 5. The number of carbonyl (C=O) groups excluding carboxylic acids is 1. The number of imidazole rings is 1. The highest BCUT2D eigenvalue weighted by Crippen LogP contribution is 2.39. The fraction of sp³-hybridized carbons (Fsp3) is 0.353. The van der Waals surface area contributed by atoms with Gasteiger partial charge in [-0.05, 0) is 53.9 Å². The Morgan fingerprint density at radius 1 is 0.959 bits per heavy atom. The maximum Gasteiger partial charge on any atom is 0.430 e. The molecule has 4 rings (SSSR count). The van der Waals surface area contributed by atoms with Crippen LogP contribution in [0.4, 0.5) is 30.7 Å². The third kappa shape index (κ3) is 10.4. The number of aromatic nitrogens is 2. The van der Waals surface area contributed by atoms with Crippen LogP contribution < -0.4 is 9.84 Å². The summed E-state index contributed by atoms with van der Waals surface area (Å²) in [6.45, 7) is 4.74. The molecule has 0 amide bonds. The molecule has 6 nitrogen and oxygen atoms in total. The number of carboxylic acids is 1. The van der Waals surface area contributed by atoms with Crippen molar-refractivity contribution in [2.45, 2.75) is 49.2 Å². The van der Waals surface area contributed by atoms with E-state index < -0.39 is 40.8 Å². The number of carbonyl (C=O) groups is 1. The largest absolute Gasteiger partial charge is 0.542 e. The number of methoxy groups -OCH3 is 1. The van der Waals surface area contributed by atoms with Crippen LogP contribution in [0.25, 0.3) is 5.69 Å². The Kier molecular flexibility index (Phi) is 12.8. The first-order valence-corrected chi connectivity index (χ1v) is 16.1. The van der Waals surface area contributed by atoms with Gasteiger partial charge in [-0.3, -0.25) is 4.57 Å². The molecule has 0 fully saturated rings. The van der Waals surface area contributed by atoms with Gasteiger partial charge in [-0.15, -0.1) is 0 Å². The van der Waals surface area contributed by atoms with Crippen molar-refractivity contribution < 1.29 is 49.9 Å². The summed E-state index contributed by atoms with van der Waals surface area (Å²) in [6, 6.07) is 11.7. The molecular formula is C34H35ClF7N3O3S. The number of benzene rings is 3. The first kappa shape index (κ1) is 39.7. The molecule has 4 aromatic rings. The Morgan fingerprint density at radius 3 is 2.08 bits per heavy atom. The van der Waals surface area contributed by atoms with E-state index in [1.165, 1.54) is 37.4 Å². The summed E-state index contributed by atoms with van der Waals surface area (Å²) in [5, 5.41) is 9.20. The number of ether oxygens (including phenoxy) is 1. The highest BCUT2D eigenvalue weighted by Gasteiger charge is 2.31. The zero-order valence-electron chi connectivity index (χ0n) is 27.5. The second-order valence-electron chi connectivity index (χ2n) is 12.6. The van der Waals surface area contributed by atoms with E-state index in [0.717, 1.165) is 34.8 Å². The predicted molar refractivity (Wildman–Crippen MR) is 172 cm³/mol. The van der Waals surface area contributed by atoms with Gasteiger partial charge in [-0.1, -0.05) is 43.3 Å². The molecule has 0 atom stereocenters. The van der Waals surface area contributed by atoms with Crippen molar-refractivity contribution in [3.63, 3.8) is 0 Å². The number of aryl methyl sites for hydroxylation is 1. The van der Waals surface area contributed by atoms with E-state index in [1.807, 2.05) is 13.8 Å². The second kappa shape index (κ2) is 15.9. The summed E-state index contributed by atoms with van der Waals surface area (Å²) in [5.74, 6) is -5.28. The van der Waals surface area contributed by atoms with Crippen LogP contribution in [0.15, 0.2) is 59.9 Å². The lowest BCUT2D eigenvalue weighted by Crippen LogP contribution is -2.37. The number of halogens is 8. The standard InChI is InChI=1S/C32H35ClF4N3OS.C2HF3O2/c1-32(2,21-9-11-25(34)24(33)16-21)30-18-38-31(39(30)22-10-12-26(35)29(17-22)41-6)42-19-23-27(36)14-20(15-28(23)37)8-7-13-40(3,4)5;3-2(4,5)1(6)7/h9-12,14-18H,7-8,13,19H2,1-6H3;(H,6,7)/q+1;/p-1. The number of carboxylic acid groups (broad SMARTS) is 1. The molecule has 0 spiro atoms. The van der Waals surface area contributed by atoms with Crippen LogP contribution in [0.2, 0.25) is 5.02 Å². The first-order valence-electron chi connectivity index (χ1n) is 14.7. The van der Waals surface area contributed by atoms with Crippen LogP contribution >= 0.6 is 23.4 Å². The van der Waals surface area contributed by atoms with E-state index in [4.69, 9.17) is 26.2 Å². The molecule has 0 saturated heterocycles. The molecule has 0 aliphatic heterocycles. The van der Waals surface area contributed by atoms with Crippen molar-refractivity contribution in [3.8, 4) is 11.4 Å². The van der Waals surface area contributed by atoms with E-state index in [9.17, 15) is 22.0 Å². The van der Waals surface area contributed by atoms with Gasteiger partial charge in [0.15, 0.2) is 16.7 Å². The van der Waals surface area contributed by atoms with Crippen molar-refractivity contribution in [2.75, 3.05) is 34.8 Å². The summed E-state index contributed by atoms with van der Waals surface area (Å²) in [4.78, 5) is 13.4. The Balaban J connectivity index is 0.000000838. The van der Waals surface area contributed by atoms with Gasteiger partial charge in [0.1, 0.15) is 23.4 Å². The van der Waals surface area contributed by atoms with Crippen LogP contribution in [0.1, 0.15) is 42.7 Å². The molecular weight excluding hydrogens is 699 g/mol. The SMILES string of the molecule is COc1cc(-n2c(C(C)(C)c3ccc(F)c(Cl)c3)cnc2SCc2c(F)cc(CCC[N+](C)(C)C)cc2F)ccc1F.O=C([O-])C(F)(F)F. The number of thioether (sulfide) groups is 1. The van der Waals surface area contributed by atoms with E-state index in [-0.39, 0.29) is 22.1 Å². The second-order valence-corrected chi connectivity index (χ2v) is 13.9. The smallest absolute Gasteiger partial charge is 0.430 e. The Labute approximate surface area is 289 Å². The van der Waals surface area contributed by atoms with Gasteiger partial charge in [0.25, 0.3) is 0 Å². The molecule has 0 radical (unpaired) electrons. The van der Waals surface area contributed by atoms with E-state index >= 15 is 8.78 Å². The van der Waals surface area contributed by atoms with E-state index in [1.54, 1.807) is 29.0 Å². The van der Waals surface area contributed by atoms with Gasteiger partial charge in [0.2, 0.25) is 0 Å². The summed E-state index contributed by atoms with van der Waals surface area (Å²) < 4.78 is 97.9. The molecule has 0 saturated carbocycles. The molecule has 266 valence electrons. The summed E-state index contributed by atoms with van der Waals surface area (Å²) >= 11 is 7.26. The number of aliphatic carboxylic acids is 1. The molecule has 49 heavy (non-hydrogen) atoms.